The summed E-state index contributed by atoms with van der Waals surface area (Å²) in [6.45, 7) is 1.29. The van der Waals surface area contributed by atoms with E-state index < -0.39 is 0 Å². The van der Waals surface area contributed by atoms with E-state index in [1.807, 2.05) is 0 Å². The first-order valence-corrected chi connectivity index (χ1v) is 5.42. The van der Waals surface area contributed by atoms with Crippen LogP contribution in [0.5, 0.6) is 0 Å². The van der Waals surface area contributed by atoms with Gasteiger partial charge >= 0.3 is 0 Å². The Morgan fingerprint density at radius 3 is 3.00 bits per heavy atom. The Kier molecular flexibility index (Phi) is 2.19. The highest BCUT2D eigenvalue weighted by atomic mass is 32.2. The molecule has 2 heteroatoms. The zero-order valence-electron chi connectivity index (χ0n) is 6.31. The molecule has 10 heavy (non-hydrogen) atoms. The van der Waals surface area contributed by atoms with Crippen molar-refractivity contribution in [3.8, 4) is 0 Å². The topological polar surface area (TPSA) is 12.0 Å². The fraction of sp³-hybridized carbons (Fsp3) is 1.00. The average Bonchev–Trinajstić information content (AvgIpc) is 1.89. The molecule has 0 aliphatic carbocycles. The van der Waals surface area contributed by atoms with Gasteiger partial charge in [0.2, 0.25) is 0 Å². The van der Waals surface area contributed by atoms with E-state index in [2.05, 4.69) is 17.1 Å². The first kappa shape index (κ1) is 6.99. The zero-order chi connectivity index (χ0) is 6.81. The lowest BCUT2D eigenvalue weighted by Gasteiger charge is -2.32. The molecule has 3 aliphatic heterocycles. The number of rotatable bonds is 0. The van der Waals surface area contributed by atoms with Gasteiger partial charge in [-0.2, -0.15) is 11.8 Å². The fourth-order valence-corrected chi connectivity index (χ4v) is 3.07. The SMILES string of the molecule is C1CC2CCC(CN2)CS1. The Balaban J connectivity index is 1.94. The van der Waals surface area contributed by atoms with Gasteiger partial charge in [0.1, 0.15) is 0 Å². The summed E-state index contributed by atoms with van der Waals surface area (Å²) in [6, 6.07) is 0.865. The molecule has 0 radical (unpaired) electrons. The van der Waals surface area contributed by atoms with E-state index in [-0.39, 0.29) is 0 Å². The molecule has 1 nitrogen and oxygen atoms in total. The smallest absolute Gasteiger partial charge is 0.00751 e. The molecule has 3 aliphatic rings. The lowest BCUT2D eigenvalue weighted by Crippen LogP contribution is -2.41. The number of fused-ring (bicyclic) bond motifs is 5. The summed E-state index contributed by atoms with van der Waals surface area (Å²) in [5.41, 5.74) is 0. The normalized spacial score (nSPS) is 40.8. The number of piperidine rings is 1. The maximum absolute atomic E-state index is 3.61. The summed E-state index contributed by atoms with van der Waals surface area (Å²) >= 11 is 2.15. The quantitative estimate of drug-likeness (QED) is 0.572. The second-order valence-corrected chi connectivity index (χ2v) is 4.56. The van der Waals surface area contributed by atoms with Crippen LogP contribution in [0, 0.1) is 5.92 Å². The minimum absolute atomic E-state index is 0.865. The van der Waals surface area contributed by atoms with Crippen molar-refractivity contribution in [2.24, 2.45) is 5.92 Å². The van der Waals surface area contributed by atoms with Crippen molar-refractivity contribution in [3.05, 3.63) is 0 Å². The monoisotopic (exact) mass is 157 g/mol. The van der Waals surface area contributed by atoms with Crippen LogP contribution in [-0.4, -0.2) is 24.1 Å². The van der Waals surface area contributed by atoms with Gasteiger partial charge in [-0.05, 0) is 43.2 Å². The minimum atomic E-state index is 0.865. The van der Waals surface area contributed by atoms with Crippen molar-refractivity contribution in [2.45, 2.75) is 25.3 Å². The second kappa shape index (κ2) is 3.14. The van der Waals surface area contributed by atoms with Crippen molar-refractivity contribution in [1.82, 2.24) is 5.32 Å². The van der Waals surface area contributed by atoms with Gasteiger partial charge in [-0.3, -0.25) is 0 Å². The Labute approximate surface area is 67.0 Å². The van der Waals surface area contributed by atoms with Crippen LogP contribution < -0.4 is 5.32 Å². The number of thioether (sulfide) groups is 1. The van der Waals surface area contributed by atoms with Crippen LogP contribution in [-0.2, 0) is 0 Å². The predicted octanol–water partition coefficient (Wildman–Crippen LogP) is 1.49. The van der Waals surface area contributed by atoms with Crippen LogP contribution in [0.3, 0.4) is 0 Å². The molecule has 0 spiro atoms. The molecule has 3 rings (SSSR count). The largest absolute Gasteiger partial charge is 0.314 e. The molecule has 0 amide bonds. The first-order chi connectivity index (χ1) is 4.95. The molecule has 3 heterocycles. The highest BCUT2D eigenvalue weighted by Crippen LogP contribution is 2.25. The maximum atomic E-state index is 3.61. The molecule has 58 valence electrons. The number of hydrogen-bond acceptors (Lipinski definition) is 2. The van der Waals surface area contributed by atoms with Crippen molar-refractivity contribution < 1.29 is 0 Å². The lowest BCUT2D eigenvalue weighted by molar-refractivity contribution is 0.321. The summed E-state index contributed by atoms with van der Waals surface area (Å²) in [7, 11) is 0. The third-order valence-electron chi connectivity index (χ3n) is 2.58. The van der Waals surface area contributed by atoms with E-state index in [0.29, 0.717) is 0 Å². The minimum Gasteiger partial charge on any atom is -0.314 e. The van der Waals surface area contributed by atoms with Crippen LogP contribution in [0.25, 0.3) is 0 Å². The summed E-state index contributed by atoms with van der Waals surface area (Å²) < 4.78 is 0. The summed E-state index contributed by atoms with van der Waals surface area (Å²) in [6.07, 6.45) is 4.31. The Bertz CT molecular complexity index is 88.3. The molecular weight excluding hydrogens is 142 g/mol. The van der Waals surface area contributed by atoms with Gasteiger partial charge in [-0.1, -0.05) is 0 Å². The molecule has 3 fully saturated rings. The average molecular weight is 157 g/mol. The van der Waals surface area contributed by atoms with E-state index in [9.17, 15) is 0 Å². The molecule has 0 aromatic heterocycles. The summed E-state index contributed by atoms with van der Waals surface area (Å²) in [5, 5.41) is 3.61. The number of nitrogens with one attached hydrogen (secondary N) is 1. The van der Waals surface area contributed by atoms with Crippen LogP contribution in [0.1, 0.15) is 19.3 Å². The standard InChI is InChI=1S/C8H15NS/c1-2-8-3-4-10-6-7(1)5-9-8/h7-9H,1-6H2. The molecular formula is C8H15NS. The Hall–Kier alpha value is 0.310. The van der Waals surface area contributed by atoms with Gasteiger partial charge < -0.3 is 5.32 Å². The van der Waals surface area contributed by atoms with E-state index in [0.717, 1.165) is 12.0 Å². The van der Waals surface area contributed by atoms with E-state index >= 15 is 0 Å². The van der Waals surface area contributed by atoms with Crippen molar-refractivity contribution in [2.75, 3.05) is 18.1 Å². The van der Waals surface area contributed by atoms with Gasteiger partial charge in [0.25, 0.3) is 0 Å². The predicted molar refractivity (Wildman–Crippen MR) is 46.5 cm³/mol. The highest BCUT2D eigenvalue weighted by molar-refractivity contribution is 7.99. The number of hydrogen-bond donors (Lipinski definition) is 1. The summed E-state index contributed by atoms with van der Waals surface area (Å²) in [5.74, 6) is 3.77. The van der Waals surface area contributed by atoms with E-state index in [4.69, 9.17) is 0 Å². The van der Waals surface area contributed by atoms with Gasteiger partial charge in [0.05, 0.1) is 0 Å². The zero-order valence-corrected chi connectivity index (χ0v) is 7.12. The Morgan fingerprint density at radius 2 is 2.20 bits per heavy atom. The van der Waals surface area contributed by atoms with Gasteiger partial charge in [0.15, 0.2) is 0 Å². The third kappa shape index (κ3) is 1.48. The van der Waals surface area contributed by atoms with Crippen molar-refractivity contribution in [1.29, 1.82) is 0 Å². The van der Waals surface area contributed by atoms with Crippen LogP contribution in [0.2, 0.25) is 0 Å². The summed E-state index contributed by atoms with van der Waals surface area (Å²) in [4.78, 5) is 0. The van der Waals surface area contributed by atoms with Crippen molar-refractivity contribution >= 4 is 11.8 Å². The fourth-order valence-electron chi connectivity index (χ4n) is 1.84. The maximum Gasteiger partial charge on any atom is 0.00751 e. The van der Waals surface area contributed by atoms with Crippen molar-refractivity contribution in [3.63, 3.8) is 0 Å². The highest BCUT2D eigenvalue weighted by Gasteiger charge is 2.22. The Morgan fingerprint density at radius 1 is 1.20 bits per heavy atom. The second-order valence-electron chi connectivity index (χ2n) is 3.41. The molecule has 2 unspecified atom stereocenters. The molecule has 2 atom stereocenters. The molecule has 0 aromatic carbocycles. The van der Waals surface area contributed by atoms with Crippen LogP contribution in [0.4, 0.5) is 0 Å². The van der Waals surface area contributed by atoms with E-state index in [1.54, 1.807) is 0 Å². The molecule has 0 aromatic rings. The lowest BCUT2D eigenvalue weighted by atomic mass is 9.95. The molecule has 3 saturated heterocycles. The third-order valence-corrected chi connectivity index (χ3v) is 3.81. The van der Waals surface area contributed by atoms with Crippen LogP contribution >= 0.6 is 11.8 Å². The van der Waals surface area contributed by atoms with Gasteiger partial charge in [-0.25, -0.2) is 0 Å². The molecule has 1 N–H and O–H groups in total. The molecule has 0 saturated carbocycles. The molecule has 2 bridgehead atoms. The van der Waals surface area contributed by atoms with Gasteiger partial charge in [0, 0.05) is 6.04 Å². The van der Waals surface area contributed by atoms with Gasteiger partial charge in [-0.15, -0.1) is 0 Å². The van der Waals surface area contributed by atoms with E-state index in [1.165, 1.54) is 37.3 Å². The first-order valence-electron chi connectivity index (χ1n) is 4.26. The van der Waals surface area contributed by atoms with Crippen LogP contribution in [0.15, 0.2) is 0 Å².